The van der Waals surface area contributed by atoms with E-state index in [2.05, 4.69) is 50.5 Å². The van der Waals surface area contributed by atoms with Crippen LogP contribution in [0.4, 0.5) is 5.69 Å². The smallest absolute Gasteiger partial charge is 0.144 e. The van der Waals surface area contributed by atoms with Crippen LogP contribution < -0.4 is 15.4 Å². The number of likely N-dealkylation sites (N-methyl/N-ethyl adjacent to an activating group) is 1. The van der Waals surface area contributed by atoms with Crippen LogP contribution in [0, 0.1) is 13.8 Å². The van der Waals surface area contributed by atoms with Crippen molar-refractivity contribution in [2.75, 3.05) is 26.0 Å². The molecule has 0 fully saturated rings. The summed E-state index contributed by atoms with van der Waals surface area (Å²) in [5, 5.41) is 6.72. The van der Waals surface area contributed by atoms with Gasteiger partial charge in [0.25, 0.3) is 0 Å². The second-order valence-corrected chi connectivity index (χ2v) is 5.20. The third kappa shape index (κ3) is 3.63. The predicted octanol–water partition coefficient (Wildman–Crippen LogP) is 2.72. The molecule has 0 aliphatic rings. The van der Waals surface area contributed by atoms with Crippen LogP contribution in [0.25, 0.3) is 0 Å². The topological polar surface area (TPSA) is 33.3 Å². The van der Waals surface area contributed by atoms with Crippen molar-refractivity contribution in [2.45, 2.75) is 33.2 Å². The van der Waals surface area contributed by atoms with Crippen LogP contribution >= 0.6 is 0 Å². The van der Waals surface area contributed by atoms with Crippen LogP contribution in [0.3, 0.4) is 0 Å². The Morgan fingerprint density at radius 2 is 1.88 bits per heavy atom. The van der Waals surface area contributed by atoms with E-state index in [9.17, 15) is 0 Å². The molecule has 0 bridgehead atoms. The zero-order chi connectivity index (χ0) is 13.1. The Hall–Kier alpha value is -1.22. The summed E-state index contributed by atoms with van der Waals surface area (Å²) in [6, 6.07) is 4.26. The highest BCUT2D eigenvalue weighted by molar-refractivity contribution is 5.62. The minimum Gasteiger partial charge on any atom is -0.494 e. The van der Waals surface area contributed by atoms with Crippen LogP contribution in [-0.2, 0) is 0 Å². The second-order valence-electron chi connectivity index (χ2n) is 5.20. The minimum absolute atomic E-state index is 0.0116. The van der Waals surface area contributed by atoms with Gasteiger partial charge in [-0.25, -0.2) is 0 Å². The van der Waals surface area contributed by atoms with Crippen LogP contribution in [0.15, 0.2) is 12.1 Å². The van der Waals surface area contributed by atoms with Gasteiger partial charge >= 0.3 is 0 Å². The Morgan fingerprint density at radius 1 is 1.24 bits per heavy atom. The number of rotatable bonds is 5. The van der Waals surface area contributed by atoms with Crippen LogP contribution in [0.2, 0.25) is 0 Å². The summed E-state index contributed by atoms with van der Waals surface area (Å²) >= 11 is 0. The normalized spacial score (nSPS) is 11.4. The molecule has 0 saturated heterocycles. The number of nitrogens with one attached hydrogen (secondary N) is 2. The Bertz CT molecular complexity index is 386. The van der Waals surface area contributed by atoms with Gasteiger partial charge in [0.1, 0.15) is 5.75 Å². The van der Waals surface area contributed by atoms with E-state index >= 15 is 0 Å². The predicted molar refractivity (Wildman–Crippen MR) is 74.1 cm³/mol. The first-order valence-corrected chi connectivity index (χ1v) is 5.97. The van der Waals surface area contributed by atoms with Gasteiger partial charge in [-0.3, -0.25) is 0 Å². The molecule has 0 heterocycles. The van der Waals surface area contributed by atoms with Gasteiger partial charge in [0.15, 0.2) is 0 Å². The van der Waals surface area contributed by atoms with Gasteiger partial charge < -0.3 is 15.4 Å². The van der Waals surface area contributed by atoms with E-state index in [1.165, 1.54) is 5.56 Å². The molecule has 96 valence electrons. The zero-order valence-electron chi connectivity index (χ0n) is 11.8. The quantitative estimate of drug-likeness (QED) is 0.824. The molecule has 0 amide bonds. The van der Waals surface area contributed by atoms with Crippen molar-refractivity contribution >= 4 is 5.69 Å². The highest BCUT2D eigenvalue weighted by Gasteiger charge is 2.19. The lowest BCUT2D eigenvalue weighted by Crippen LogP contribution is -2.40. The summed E-state index contributed by atoms with van der Waals surface area (Å²) in [5.74, 6) is 0.930. The summed E-state index contributed by atoms with van der Waals surface area (Å²) in [5.41, 5.74) is 3.45. The van der Waals surface area contributed by atoms with Crippen molar-refractivity contribution in [3.05, 3.63) is 23.3 Å². The van der Waals surface area contributed by atoms with Crippen molar-refractivity contribution in [2.24, 2.45) is 0 Å². The molecule has 2 N–H and O–H groups in total. The summed E-state index contributed by atoms with van der Waals surface area (Å²) in [6.45, 7) is 9.40. The fourth-order valence-electron chi connectivity index (χ4n) is 2.17. The standard InChI is InChI=1S/C14H24N2O/c1-10-7-11(2)13(17-6)12(8-10)16-14(3,4)9-15-5/h7-8,15-16H,9H2,1-6H3. The van der Waals surface area contributed by atoms with E-state index in [-0.39, 0.29) is 5.54 Å². The third-order valence-electron chi connectivity index (χ3n) is 2.71. The van der Waals surface area contributed by atoms with Crippen LogP contribution in [0.5, 0.6) is 5.75 Å². The van der Waals surface area contributed by atoms with Gasteiger partial charge in [-0.05, 0) is 51.9 Å². The van der Waals surface area contributed by atoms with Gasteiger partial charge in [0.05, 0.1) is 12.8 Å². The number of methoxy groups -OCH3 is 1. The maximum atomic E-state index is 5.47. The summed E-state index contributed by atoms with van der Waals surface area (Å²) in [7, 11) is 3.68. The molecule has 1 rings (SSSR count). The van der Waals surface area contributed by atoms with E-state index < -0.39 is 0 Å². The Labute approximate surface area is 105 Å². The molecule has 0 aliphatic heterocycles. The molecule has 0 atom stereocenters. The van der Waals surface area contributed by atoms with Gasteiger partial charge in [0, 0.05) is 12.1 Å². The van der Waals surface area contributed by atoms with E-state index in [0.29, 0.717) is 0 Å². The largest absolute Gasteiger partial charge is 0.494 e. The lowest BCUT2D eigenvalue weighted by molar-refractivity contribution is 0.411. The molecular weight excluding hydrogens is 212 g/mol. The van der Waals surface area contributed by atoms with Gasteiger partial charge in [0.2, 0.25) is 0 Å². The molecule has 0 saturated carbocycles. The molecule has 3 nitrogen and oxygen atoms in total. The number of benzene rings is 1. The summed E-state index contributed by atoms with van der Waals surface area (Å²) in [6.07, 6.45) is 0. The Balaban J connectivity index is 3.04. The molecule has 0 aliphatic carbocycles. The number of hydrogen-bond donors (Lipinski definition) is 2. The molecule has 0 radical (unpaired) electrons. The van der Waals surface area contributed by atoms with Crippen molar-refractivity contribution in [3.8, 4) is 5.75 Å². The molecule has 3 heteroatoms. The van der Waals surface area contributed by atoms with Gasteiger partial charge in [-0.15, -0.1) is 0 Å². The highest BCUT2D eigenvalue weighted by Crippen LogP contribution is 2.31. The van der Waals surface area contributed by atoms with Gasteiger partial charge in [-0.2, -0.15) is 0 Å². The molecule has 1 aromatic carbocycles. The number of ether oxygens (including phenoxy) is 1. The molecule has 0 spiro atoms. The molecule has 0 aromatic heterocycles. The van der Waals surface area contributed by atoms with E-state index in [1.807, 2.05) is 7.05 Å². The minimum atomic E-state index is -0.0116. The van der Waals surface area contributed by atoms with Crippen LogP contribution in [0.1, 0.15) is 25.0 Å². The molecule has 0 unspecified atom stereocenters. The maximum absolute atomic E-state index is 5.47. The zero-order valence-corrected chi connectivity index (χ0v) is 11.8. The summed E-state index contributed by atoms with van der Waals surface area (Å²) in [4.78, 5) is 0. The summed E-state index contributed by atoms with van der Waals surface area (Å²) < 4.78 is 5.47. The second kappa shape index (κ2) is 5.41. The molecular formula is C14H24N2O. The third-order valence-corrected chi connectivity index (χ3v) is 2.71. The first-order chi connectivity index (χ1) is 7.89. The van der Waals surface area contributed by atoms with Crippen LogP contribution in [-0.4, -0.2) is 26.2 Å². The lowest BCUT2D eigenvalue weighted by Gasteiger charge is -2.29. The van der Waals surface area contributed by atoms with Crippen molar-refractivity contribution in [1.29, 1.82) is 0 Å². The first kappa shape index (κ1) is 13.8. The highest BCUT2D eigenvalue weighted by atomic mass is 16.5. The number of anilines is 1. The average molecular weight is 236 g/mol. The number of aryl methyl sites for hydroxylation is 2. The molecule has 1 aromatic rings. The van der Waals surface area contributed by atoms with Gasteiger partial charge in [-0.1, -0.05) is 6.07 Å². The van der Waals surface area contributed by atoms with Crippen molar-refractivity contribution < 1.29 is 4.74 Å². The Kier molecular flexibility index (Phi) is 4.40. The lowest BCUT2D eigenvalue weighted by atomic mass is 10.0. The molecule has 17 heavy (non-hydrogen) atoms. The first-order valence-electron chi connectivity index (χ1n) is 5.97. The average Bonchev–Trinajstić information content (AvgIpc) is 2.15. The van der Waals surface area contributed by atoms with E-state index in [1.54, 1.807) is 7.11 Å². The Morgan fingerprint density at radius 3 is 2.41 bits per heavy atom. The van der Waals surface area contributed by atoms with Crippen molar-refractivity contribution in [1.82, 2.24) is 5.32 Å². The van der Waals surface area contributed by atoms with E-state index in [0.717, 1.165) is 23.5 Å². The van der Waals surface area contributed by atoms with Crippen molar-refractivity contribution in [3.63, 3.8) is 0 Å². The number of hydrogen-bond acceptors (Lipinski definition) is 3. The monoisotopic (exact) mass is 236 g/mol. The SMILES string of the molecule is CNCC(C)(C)Nc1cc(C)cc(C)c1OC. The maximum Gasteiger partial charge on any atom is 0.144 e. The fourth-order valence-corrected chi connectivity index (χ4v) is 2.17. The fraction of sp³-hybridized carbons (Fsp3) is 0.571. The van der Waals surface area contributed by atoms with E-state index in [4.69, 9.17) is 4.74 Å².